The molecule has 360 valence electrons. The second-order valence-corrected chi connectivity index (χ2v) is 17.9. The van der Waals surface area contributed by atoms with Crippen LogP contribution in [0.25, 0.3) is 0 Å². The number of ether oxygens (including phenoxy) is 3. The molecule has 0 saturated carbocycles. The second-order valence-electron chi connectivity index (χ2n) is 17.9. The first-order chi connectivity index (χ1) is 30.5. The van der Waals surface area contributed by atoms with Crippen LogP contribution in [0.1, 0.15) is 271 Å². The zero-order chi connectivity index (χ0) is 45.1. The van der Waals surface area contributed by atoms with E-state index in [9.17, 15) is 14.4 Å². The third-order valence-corrected chi connectivity index (χ3v) is 11.7. The quantitative estimate of drug-likeness (QED) is 0.0262. The average molecular weight is 869 g/mol. The van der Waals surface area contributed by atoms with Crippen LogP contribution in [0, 0.1) is 0 Å². The molecule has 0 aromatic carbocycles. The molecule has 0 aliphatic heterocycles. The lowest BCUT2D eigenvalue weighted by atomic mass is 10.0. The van der Waals surface area contributed by atoms with Crippen LogP contribution in [0.2, 0.25) is 0 Å². The number of carbonyl (C=O) groups excluding carboxylic acids is 3. The third kappa shape index (κ3) is 48.4. The molecule has 1 atom stereocenters. The highest BCUT2D eigenvalue weighted by molar-refractivity contribution is 5.71. The van der Waals surface area contributed by atoms with E-state index in [0.29, 0.717) is 12.8 Å². The number of allylic oxidation sites excluding steroid dienone is 8. The largest absolute Gasteiger partial charge is 0.462 e. The van der Waals surface area contributed by atoms with Crippen LogP contribution in [0.4, 0.5) is 0 Å². The maximum Gasteiger partial charge on any atom is 0.306 e. The molecule has 0 aromatic heterocycles. The van der Waals surface area contributed by atoms with E-state index >= 15 is 0 Å². The lowest BCUT2D eigenvalue weighted by molar-refractivity contribution is -0.167. The normalized spacial score (nSPS) is 12.4. The molecule has 0 amide bonds. The molecule has 0 aliphatic carbocycles. The third-order valence-electron chi connectivity index (χ3n) is 11.7. The van der Waals surface area contributed by atoms with Crippen molar-refractivity contribution >= 4 is 17.9 Å². The molecular weight excluding hydrogens is 769 g/mol. The van der Waals surface area contributed by atoms with Gasteiger partial charge in [-0.15, -0.1) is 0 Å². The smallest absolute Gasteiger partial charge is 0.306 e. The van der Waals surface area contributed by atoms with E-state index in [-0.39, 0.29) is 37.5 Å². The molecule has 0 rings (SSSR count). The molecule has 0 spiro atoms. The SMILES string of the molecule is CC\C=C/C=C\C=C/C=C\CCCCCC(=O)OC(COC(=O)CCCCCCCCCCCCCC)COC(=O)CCCCCCCCCCCCCCCCCCCCC. The van der Waals surface area contributed by atoms with E-state index < -0.39 is 6.10 Å². The van der Waals surface area contributed by atoms with Gasteiger partial charge in [0, 0.05) is 19.3 Å². The summed E-state index contributed by atoms with van der Waals surface area (Å²) in [7, 11) is 0. The van der Waals surface area contributed by atoms with Crippen LogP contribution in [0.5, 0.6) is 0 Å². The van der Waals surface area contributed by atoms with Gasteiger partial charge in [-0.3, -0.25) is 14.4 Å². The minimum Gasteiger partial charge on any atom is -0.462 e. The van der Waals surface area contributed by atoms with Gasteiger partial charge in [0.25, 0.3) is 0 Å². The second kappa shape index (κ2) is 51.0. The molecule has 0 heterocycles. The Morgan fingerprint density at radius 3 is 0.984 bits per heavy atom. The fraction of sp³-hybridized carbons (Fsp3) is 0.804. The van der Waals surface area contributed by atoms with Crippen molar-refractivity contribution in [2.24, 2.45) is 0 Å². The standard InChI is InChI=1S/C56H100O6/c1-4-7-10-13-16-19-22-25-26-27-28-29-30-32-34-37-40-43-46-49-55(58)61-52-53(51-60-54(57)48-45-42-39-36-33-24-21-18-15-12-9-6-3)62-56(59)50-47-44-41-38-35-31-23-20-17-14-11-8-5-2/h8,11,14,17,20,23,31,35,53H,4-7,9-10,12-13,15-16,18-19,21-22,24-30,32-34,36-52H2,1-3H3/b11-8-,17-14-,23-20-,35-31-. The number of esters is 3. The van der Waals surface area contributed by atoms with Crippen molar-refractivity contribution in [1.29, 1.82) is 0 Å². The Labute approximate surface area is 384 Å². The van der Waals surface area contributed by atoms with Gasteiger partial charge in [0.1, 0.15) is 13.2 Å². The van der Waals surface area contributed by atoms with Crippen LogP contribution < -0.4 is 0 Å². The molecular formula is C56H100O6. The molecule has 62 heavy (non-hydrogen) atoms. The van der Waals surface area contributed by atoms with Crippen molar-refractivity contribution < 1.29 is 28.6 Å². The van der Waals surface area contributed by atoms with Crippen molar-refractivity contribution in [3.8, 4) is 0 Å². The van der Waals surface area contributed by atoms with Crippen molar-refractivity contribution in [2.75, 3.05) is 13.2 Å². The molecule has 0 aliphatic rings. The highest BCUT2D eigenvalue weighted by Gasteiger charge is 2.19. The summed E-state index contributed by atoms with van der Waals surface area (Å²) in [6.07, 6.45) is 61.0. The van der Waals surface area contributed by atoms with Gasteiger partial charge in [-0.2, -0.15) is 0 Å². The molecule has 0 N–H and O–H groups in total. The first-order valence-electron chi connectivity index (χ1n) is 26.7. The lowest BCUT2D eigenvalue weighted by Crippen LogP contribution is -2.30. The van der Waals surface area contributed by atoms with E-state index in [1.54, 1.807) is 0 Å². The first kappa shape index (κ1) is 59.4. The fourth-order valence-corrected chi connectivity index (χ4v) is 7.69. The maximum absolute atomic E-state index is 12.8. The predicted octanol–water partition coefficient (Wildman–Crippen LogP) is 17.5. The predicted molar refractivity (Wildman–Crippen MR) is 265 cm³/mol. The van der Waals surface area contributed by atoms with E-state index in [4.69, 9.17) is 14.2 Å². The van der Waals surface area contributed by atoms with E-state index in [0.717, 1.165) is 70.6 Å². The number of hydrogen-bond acceptors (Lipinski definition) is 6. The van der Waals surface area contributed by atoms with Gasteiger partial charge < -0.3 is 14.2 Å². The van der Waals surface area contributed by atoms with Crippen LogP contribution >= 0.6 is 0 Å². The maximum atomic E-state index is 12.8. The van der Waals surface area contributed by atoms with Gasteiger partial charge in [0.05, 0.1) is 0 Å². The Hall–Kier alpha value is -2.63. The fourth-order valence-electron chi connectivity index (χ4n) is 7.69. The van der Waals surface area contributed by atoms with Gasteiger partial charge in [0.15, 0.2) is 6.10 Å². The molecule has 0 aromatic rings. The number of hydrogen-bond donors (Lipinski definition) is 0. The number of unbranched alkanes of at least 4 members (excludes halogenated alkanes) is 32. The Morgan fingerprint density at radius 2 is 0.629 bits per heavy atom. The van der Waals surface area contributed by atoms with Crippen LogP contribution in [-0.4, -0.2) is 37.2 Å². The summed E-state index contributed by atoms with van der Waals surface area (Å²) >= 11 is 0. The molecule has 6 nitrogen and oxygen atoms in total. The van der Waals surface area contributed by atoms with E-state index in [1.165, 1.54) is 161 Å². The molecule has 0 saturated heterocycles. The zero-order valence-electron chi connectivity index (χ0n) is 41.1. The minimum atomic E-state index is -0.788. The topological polar surface area (TPSA) is 78.9 Å². The number of rotatable bonds is 48. The Bertz CT molecular complexity index is 1090. The monoisotopic (exact) mass is 869 g/mol. The van der Waals surface area contributed by atoms with Gasteiger partial charge >= 0.3 is 17.9 Å². The Balaban J connectivity index is 4.33. The van der Waals surface area contributed by atoms with Crippen molar-refractivity contribution in [3.05, 3.63) is 48.6 Å². The molecule has 0 bridgehead atoms. The lowest BCUT2D eigenvalue weighted by Gasteiger charge is -2.18. The van der Waals surface area contributed by atoms with Crippen LogP contribution in [0.15, 0.2) is 48.6 Å². The summed E-state index contributed by atoms with van der Waals surface area (Å²) in [5.74, 6) is -0.914. The summed E-state index contributed by atoms with van der Waals surface area (Å²) in [5.41, 5.74) is 0. The summed E-state index contributed by atoms with van der Waals surface area (Å²) < 4.78 is 16.8. The first-order valence-corrected chi connectivity index (χ1v) is 26.7. The number of carbonyl (C=O) groups is 3. The van der Waals surface area contributed by atoms with Gasteiger partial charge in [-0.25, -0.2) is 0 Å². The molecule has 0 radical (unpaired) electrons. The van der Waals surface area contributed by atoms with E-state index in [1.807, 2.05) is 30.4 Å². The van der Waals surface area contributed by atoms with Gasteiger partial charge in [-0.1, -0.05) is 262 Å². The van der Waals surface area contributed by atoms with Crippen molar-refractivity contribution in [3.63, 3.8) is 0 Å². The highest BCUT2D eigenvalue weighted by atomic mass is 16.6. The van der Waals surface area contributed by atoms with Crippen molar-refractivity contribution in [2.45, 2.75) is 277 Å². The Morgan fingerprint density at radius 1 is 0.339 bits per heavy atom. The summed E-state index contributed by atoms with van der Waals surface area (Å²) in [5, 5.41) is 0. The zero-order valence-corrected chi connectivity index (χ0v) is 41.1. The van der Waals surface area contributed by atoms with Crippen molar-refractivity contribution in [1.82, 2.24) is 0 Å². The van der Waals surface area contributed by atoms with Crippen LogP contribution in [-0.2, 0) is 28.6 Å². The van der Waals surface area contributed by atoms with Gasteiger partial charge in [-0.05, 0) is 38.5 Å². The highest BCUT2D eigenvalue weighted by Crippen LogP contribution is 2.16. The molecule has 6 heteroatoms. The summed E-state index contributed by atoms with van der Waals surface area (Å²) in [6.45, 7) is 6.49. The minimum absolute atomic E-state index is 0.0853. The summed E-state index contributed by atoms with van der Waals surface area (Å²) in [6, 6.07) is 0. The average Bonchev–Trinajstić information content (AvgIpc) is 3.27. The summed E-state index contributed by atoms with van der Waals surface area (Å²) in [4.78, 5) is 38.0. The van der Waals surface area contributed by atoms with E-state index in [2.05, 4.69) is 39.0 Å². The Kier molecular flexibility index (Phi) is 48.8. The van der Waals surface area contributed by atoms with Crippen LogP contribution in [0.3, 0.4) is 0 Å². The van der Waals surface area contributed by atoms with Gasteiger partial charge in [0.2, 0.25) is 0 Å². The molecule has 0 fully saturated rings. The molecule has 1 unspecified atom stereocenters.